The SMILES string of the molecule is CC1CC2C=C[N+](C)=CC2C1. The Balaban J connectivity index is 2.17. The highest BCUT2D eigenvalue weighted by Crippen LogP contribution is 2.36. The summed E-state index contributed by atoms with van der Waals surface area (Å²) in [5.41, 5.74) is 0. The van der Waals surface area contributed by atoms with Crippen LogP contribution in [0.15, 0.2) is 12.3 Å². The van der Waals surface area contributed by atoms with Crippen molar-refractivity contribution in [2.24, 2.45) is 17.8 Å². The Hall–Kier alpha value is -0.590. The van der Waals surface area contributed by atoms with Crippen molar-refractivity contribution in [2.75, 3.05) is 7.05 Å². The molecule has 0 aromatic rings. The van der Waals surface area contributed by atoms with Gasteiger partial charge in [0.05, 0.1) is 0 Å². The van der Waals surface area contributed by atoms with Crippen LogP contribution in [0.3, 0.4) is 0 Å². The van der Waals surface area contributed by atoms with E-state index in [0.717, 1.165) is 17.8 Å². The van der Waals surface area contributed by atoms with Crippen molar-refractivity contribution in [3.8, 4) is 0 Å². The van der Waals surface area contributed by atoms with Crippen LogP contribution in [0.5, 0.6) is 0 Å². The van der Waals surface area contributed by atoms with Gasteiger partial charge >= 0.3 is 0 Å². The van der Waals surface area contributed by atoms with E-state index in [1.165, 1.54) is 12.8 Å². The number of fused-ring (bicyclic) bond motifs is 1. The van der Waals surface area contributed by atoms with E-state index in [0.29, 0.717) is 0 Å². The number of nitrogens with zero attached hydrogens (tertiary/aromatic N) is 1. The monoisotopic (exact) mass is 150 g/mol. The molecule has 1 nitrogen and oxygen atoms in total. The van der Waals surface area contributed by atoms with Gasteiger partial charge in [-0.2, -0.15) is 0 Å². The fourth-order valence-electron chi connectivity index (χ4n) is 2.37. The largest absolute Gasteiger partial charge is 0.212 e. The molecule has 0 bridgehead atoms. The lowest BCUT2D eigenvalue weighted by Crippen LogP contribution is -2.17. The molecule has 0 N–H and O–H groups in total. The van der Waals surface area contributed by atoms with Crippen LogP contribution in [0.4, 0.5) is 0 Å². The Morgan fingerprint density at radius 3 is 2.82 bits per heavy atom. The summed E-state index contributed by atoms with van der Waals surface area (Å²) in [6.45, 7) is 2.36. The average molecular weight is 150 g/mol. The molecule has 1 fully saturated rings. The fraction of sp³-hybridized carbons (Fsp3) is 0.700. The van der Waals surface area contributed by atoms with Gasteiger partial charge in [0.2, 0.25) is 0 Å². The molecule has 60 valence electrons. The van der Waals surface area contributed by atoms with Crippen molar-refractivity contribution < 1.29 is 4.58 Å². The molecule has 1 heteroatoms. The Labute approximate surface area is 68.4 Å². The molecule has 1 saturated carbocycles. The van der Waals surface area contributed by atoms with Crippen LogP contribution in [-0.2, 0) is 0 Å². The molecule has 1 aliphatic carbocycles. The van der Waals surface area contributed by atoms with E-state index >= 15 is 0 Å². The highest BCUT2D eigenvalue weighted by Gasteiger charge is 2.33. The molecule has 0 aromatic carbocycles. The molecule has 0 amide bonds. The summed E-state index contributed by atoms with van der Waals surface area (Å²) in [6, 6.07) is 0. The predicted octanol–water partition coefficient (Wildman–Crippen LogP) is 1.89. The normalized spacial score (nSPS) is 42.0. The predicted molar refractivity (Wildman–Crippen MR) is 46.8 cm³/mol. The highest BCUT2D eigenvalue weighted by atomic mass is 14.9. The van der Waals surface area contributed by atoms with Gasteiger partial charge in [-0.05, 0) is 30.8 Å². The van der Waals surface area contributed by atoms with Crippen LogP contribution in [0.1, 0.15) is 19.8 Å². The van der Waals surface area contributed by atoms with Gasteiger partial charge in [0.1, 0.15) is 13.3 Å². The molecule has 0 spiro atoms. The first-order valence-electron chi connectivity index (χ1n) is 4.51. The molecule has 3 atom stereocenters. The second-order valence-corrected chi connectivity index (χ2v) is 4.06. The molecule has 1 aliphatic heterocycles. The second kappa shape index (κ2) is 2.47. The zero-order valence-electron chi connectivity index (χ0n) is 7.33. The third-order valence-corrected chi connectivity index (χ3v) is 2.89. The van der Waals surface area contributed by atoms with Crippen molar-refractivity contribution in [3.63, 3.8) is 0 Å². The lowest BCUT2D eigenvalue weighted by Gasteiger charge is -2.11. The molecule has 0 saturated heterocycles. The van der Waals surface area contributed by atoms with Gasteiger partial charge in [0.25, 0.3) is 0 Å². The summed E-state index contributed by atoms with van der Waals surface area (Å²) in [5.74, 6) is 2.61. The molecule has 2 rings (SSSR count). The first-order chi connectivity index (χ1) is 5.25. The van der Waals surface area contributed by atoms with Crippen LogP contribution in [-0.4, -0.2) is 17.8 Å². The minimum atomic E-state index is 0.833. The van der Waals surface area contributed by atoms with Crippen molar-refractivity contribution in [1.82, 2.24) is 0 Å². The van der Waals surface area contributed by atoms with Gasteiger partial charge in [-0.15, -0.1) is 0 Å². The van der Waals surface area contributed by atoms with E-state index in [1.54, 1.807) is 0 Å². The first-order valence-corrected chi connectivity index (χ1v) is 4.51. The minimum Gasteiger partial charge on any atom is -0.212 e. The summed E-state index contributed by atoms with van der Waals surface area (Å²) in [7, 11) is 2.12. The molecule has 1 heterocycles. The summed E-state index contributed by atoms with van der Waals surface area (Å²) in [4.78, 5) is 0. The maximum atomic E-state index is 2.37. The van der Waals surface area contributed by atoms with Crippen molar-refractivity contribution in [3.05, 3.63) is 12.3 Å². The summed E-state index contributed by atoms with van der Waals surface area (Å²) < 4.78 is 2.19. The van der Waals surface area contributed by atoms with Gasteiger partial charge in [-0.3, -0.25) is 0 Å². The van der Waals surface area contributed by atoms with Gasteiger partial charge in [-0.1, -0.05) is 6.92 Å². The van der Waals surface area contributed by atoms with E-state index in [2.05, 4.69) is 37.0 Å². The zero-order chi connectivity index (χ0) is 7.84. The molecule has 0 aromatic heterocycles. The number of hydrogen-bond donors (Lipinski definition) is 0. The fourth-order valence-corrected chi connectivity index (χ4v) is 2.37. The standard InChI is InChI=1S/C10H16N/c1-8-5-9-3-4-11(2)7-10(9)6-8/h3-4,7-10H,5-6H2,1-2H3/q+1. The van der Waals surface area contributed by atoms with Gasteiger partial charge in [-0.25, -0.2) is 4.58 Å². The van der Waals surface area contributed by atoms with Gasteiger partial charge < -0.3 is 0 Å². The lowest BCUT2D eigenvalue weighted by molar-refractivity contribution is -0.422. The zero-order valence-corrected chi connectivity index (χ0v) is 7.33. The smallest absolute Gasteiger partial charge is 0.164 e. The summed E-state index contributed by atoms with van der Waals surface area (Å²) in [6.07, 6.45) is 9.71. The Bertz CT molecular complexity index is 215. The maximum Gasteiger partial charge on any atom is 0.164 e. The Kier molecular flexibility index (Phi) is 1.59. The lowest BCUT2D eigenvalue weighted by atomic mass is 9.96. The third-order valence-electron chi connectivity index (χ3n) is 2.89. The molecule has 11 heavy (non-hydrogen) atoms. The van der Waals surface area contributed by atoms with Crippen LogP contribution in [0, 0.1) is 17.8 Å². The number of rotatable bonds is 0. The van der Waals surface area contributed by atoms with Crippen LogP contribution >= 0.6 is 0 Å². The van der Waals surface area contributed by atoms with E-state index in [9.17, 15) is 0 Å². The van der Waals surface area contributed by atoms with Crippen molar-refractivity contribution in [2.45, 2.75) is 19.8 Å². The van der Waals surface area contributed by atoms with E-state index < -0.39 is 0 Å². The van der Waals surface area contributed by atoms with Crippen molar-refractivity contribution in [1.29, 1.82) is 0 Å². The maximum absolute atomic E-state index is 2.37. The van der Waals surface area contributed by atoms with Gasteiger partial charge in [0, 0.05) is 5.92 Å². The molecule has 0 radical (unpaired) electrons. The van der Waals surface area contributed by atoms with Gasteiger partial charge in [0.15, 0.2) is 6.20 Å². The van der Waals surface area contributed by atoms with Crippen LogP contribution in [0.25, 0.3) is 0 Å². The van der Waals surface area contributed by atoms with Crippen LogP contribution in [0.2, 0.25) is 0 Å². The number of hydrogen-bond acceptors (Lipinski definition) is 0. The Morgan fingerprint density at radius 1 is 1.27 bits per heavy atom. The quantitative estimate of drug-likeness (QED) is 0.464. The number of allylic oxidation sites excluding steroid dienone is 1. The van der Waals surface area contributed by atoms with Crippen LogP contribution < -0.4 is 0 Å². The molecular weight excluding hydrogens is 134 g/mol. The van der Waals surface area contributed by atoms with E-state index in [4.69, 9.17) is 0 Å². The summed E-state index contributed by atoms with van der Waals surface area (Å²) >= 11 is 0. The first kappa shape index (κ1) is 7.08. The Morgan fingerprint density at radius 2 is 2.00 bits per heavy atom. The van der Waals surface area contributed by atoms with Crippen molar-refractivity contribution >= 4 is 6.21 Å². The molecule has 2 aliphatic rings. The van der Waals surface area contributed by atoms with E-state index in [1.807, 2.05) is 0 Å². The molecular formula is C10H16N+. The minimum absolute atomic E-state index is 0.833. The topological polar surface area (TPSA) is 3.01 Å². The average Bonchev–Trinajstić information content (AvgIpc) is 2.27. The summed E-state index contributed by atoms with van der Waals surface area (Å²) in [5, 5.41) is 0. The van der Waals surface area contributed by atoms with E-state index in [-0.39, 0.29) is 0 Å². The highest BCUT2D eigenvalue weighted by molar-refractivity contribution is 5.58. The third kappa shape index (κ3) is 1.24. The second-order valence-electron chi connectivity index (χ2n) is 4.06. The molecule has 3 unspecified atom stereocenters.